The number of hydrogen-bond acceptors (Lipinski definition) is 3. The fourth-order valence-electron chi connectivity index (χ4n) is 0.517. The molecule has 0 spiro atoms. The second kappa shape index (κ2) is 3.27. The fourth-order valence-corrected chi connectivity index (χ4v) is 1.42. The number of alkyl halides is 1. The summed E-state index contributed by atoms with van der Waals surface area (Å²) in [6.07, 6.45) is 1.06. The third-order valence-corrected chi connectivity index (χ3v) is 2.70. The van der Waals surface area contributed by atoms with Gasteiger partial charge in [-0.2, -0.15) is 0 Å². The van der Waals surface area contributed by atoms with Crippen LogP contribution in [0.1, 0.15) is 23.9 Å². The van der Waals surface area contributed by atoms with Gasteiger partial charge in [0.2, 0.25) is 0 Å². The molecule has 1 heterocycles. The second-order valence-corrected chi connectivity index (χ2v) is 3.42. The summed E-state index contributed by atoms with van der Waals surface area (Å²) in [5, 5.41) is 5.87. The monoisotopic (exact) mass is 206 g/mol. The van der Waals surface area contributed by atoms with Gasteiger partial charge in [0.15, 0.2) is 0 Å². The average molecular weight is 207 g/mol. The van der Waals surface area contributed by atoms with Crippen LogP contribution in [0.25, 0.3) is 0 Å². The minimum atomic E-state index is 0.385. The Balaban J connectivity index is 2.65. The van der Waals surface area contributed by atoms with Crippen LogP contribution in [0.5, 0.6) is 0 Å². The average Bonchev–Trinajstić information content (AvgIpc) is 2.37. The molecule has 0 bridgehead atoms. The van der Waals surface area contributed by atoms with Crippen LogP contribution in [0, 0.1) is 0 Å². The van der Waals surface area contributed by atoms with Crippen molar-refractivity contribution in [2.24, 2.45) is 0 Å². The predicted molar refractivity (Wildman–Crippen MR) is 41.9 cm³/mol. The van der Waals surface area contributed by atoms with E-state index in [-0.39, 0.29) is 0 Å². The molecule has 0 radical (unpaired) electrons. The lowest BCUT2D eigenvalue weighted by atomic mass is 10.3. The molecule has 4 heteroatoms. The normalized spacial score (nSPS) is 13.6. The first-order valence-corrected chi connectivity index (χ1v) is 4.51. The summed E-state index contributed by atoms with van der Waals surface area (Å²) >= 11 is 4.86. The Morgan fingerprint density at radius 2 is 2.67 bits per heavy atom. The summed E-state index contributed by atoms with van der Waals surface area (Å²) in [5.74, 6) is 0. The molecule has 0 fully saturated rings. The molecule has 0 saturated heterocycles. The number of rotatable bonds is 2. The quantitative estimate of drug-likeness (QED) is 0.695. The zero-order chi connectivity index (χ0) is 6.69. The Morgan fingerprint density at radius 3 is 3.11 bits per heavy atom. The SMILES string of the molecule is CCC(Br)c1csnn1. The van der Waals surface area contributed by atoms with Crippen molar-refractivity contribution in [1.29, 1.82) is 0 Å². The van der Waals surface area contributed by atoms with Crippen LogP contribution >= 0.6 is 27.5 Å². The van der Waals surface area contributed by atoms with Crippen LogP contribution in [0.4, 0.5) is 0 Å². The standard InChI is InChI=1S/C5H7BrN2S/c1-2-4(6)5-3-9-8-7-5/h3-4H,2H2,1H3. The molecule has 1 aromatic heterocycles. The number of halogens is 1. The van der Waals surface area contributed by atoms with Crippen LogP contribution < -0.4 is 0 Å². The topological polar surface area (TPSA) is 25.8 Å². The van der Waals surface area contributed by atoms with E-state index in [2.05, 4.69) is 32.4 Å². The third kappa shape index (κ3) is 1.72. The maximum Gasteiger partial charge on any atom is 0.0891 e. The molecule has 0 N–H and O–H groups in total. The van der Waals surface area contributed by atoms with Crippen LogP contribution in [-0.4, -0.2) is 9.59 Å². The van der Waals surface area contributed by atoms with Gasteiger partial charge in [0.1, 0.15) is 0 Å². The highest BCUT2D eigenvalue weighted by Crippen LogP contribution is 2.23. The predicted octanol–water partition coefficient (Wildman–Crippen LogP) is 2.38. The van der Waals surface area contributed by atoms with Gasteiger partial charge in [-0.3, -0.25) is 0 Å². The van der Waals surface area contributed by atoms with Gasteiger partial charge >= 0.3 is 0 Å². The van der Waals surface area contributed by atoms with E-state index < -0.39 is 0 Å². The number of hydrogen-bond donors (Lipinski definition) is 0. The zero-order valence-electron chi connectivity index (χ0n) is 5.04. The van der Waals surface area contributed by atoms with Gasteiger partial charge in [-0.15, -0.1) is 5.10 Å². The summed E-state index contributed by atoms with van der Waals surface area (Å²) in [6, 6.07) is 0. The van der Waals surface area contributed by atoms with E-state index in [4.69, 9.17) is 0 Å². The maximum absolute atomic E-state index is 3.91. The van der Waals surface area contributed by atoms with E-state index in [1.165, 1.54) is 11.5 Å². The lowest BCUT2D eigenvalue weighted by molar-refractivity contribution is 0.861. The summed E-state index contributed by atoms with van der Waals surface area (Å²) in [7, 11) is 0. The Hall–Kier alpha value is 0.0400. The number of nitrogens with zero attached hydrogens (tertiary/aromatic N) is 2. The summed E-state index contributed by atoms with van der Waals surface area (Å²) in [4.78, 5) is 0.385. The highest BCUT2D eigenvalue weighted by molar-refractivity contribution is 9.09. The Kier molecular flexibility index (Phi) is 2.60. The first-order valence-electron chi connectivity index (χ1n) is 2.75. The van der Waals surface area contributed by atoms with Gasteiger partial charge < -0.3 is 0 Å². The van der Waals surface area contributed by atoms with E-state index in [0.29, 0.717) is 4.83 Å². The van der Waals surface area contributed by atoms with E-state index >= 15 is 0 Å². The second-order valence-electron chi connectivity index (χ2n) is 1.71. The van der Waals surface area contributed by atoms with E-state index in [9.17, 15) is 0 Å². The van der Waals surface area contributed by atoms with Gasteiger partial charge in [0.05, 0.1) is 10.5 Å². The van der Waals surface area contributed by atoms with E-state index in [0.717, 1.165) is 12.1 Å². The van der Waals surface area contributed by atoms with Crippen molar-refractivity contribution in [3.63, 3.8) is 0 Å². The molecule has 0 aromatic carbocycles. The summed E-state index contributed by atoms with van der Waals surface area (Å²) < 4.78 is 3.75. The minimum absolute atomic E-state index is 0.385. The van der Waals surface area contributed by atoms with Crippen molar-refractivity contribution in [3.05, 3.63) is 11.1 Å². The van der Waals surface area contributed by atoms with Crippen LogP contribution in [0.2, 0.25) is 0 Å². The van der Waals surface area contributed by atoms with Gasteiger partial charge in [0, 0.05) is 5.38 Å². The molecule has 0 aliphatic heterocycles. The van der Waals surface area contributed by atoms with Crippen molar-refractivity contribution < 1.29 is 0 Å². The smallest absolute Gasteiger partial charge is 0.0891 e. The van der Waals surface area contributed by atoms with Gasteiger partial charge in [-0.05, 0) is 18.0 Å². The first-order chi connectivity index (χ1) is 4.34. The molecule has 0 amide bonds. The zero-order valence-corrected chi connectivity index (χ0v) is 7.44. The molecule has 0 saturated carbocycles. The summed E-state index contributed by atoms with van der Waals surface area (Å²) in [5.41, 5.74) is 1.04. The molecule has 1 atom stereocenters. The molecule has 50 valence electrons. The van der Waals surface area contributed by atoms with Crippen LogP contribution in [0.15, 0.2) is 5.38 Å². The molecule has 9 heavy (non-hydrogen) atoms. The highest BCUT2D eigenvalue weighted by Gasteiger charge is 2.05. The molecule has 0 aliphatic carbocycles. The van der Waals surface area contributed by atoms with Crippen LogP contribution in [-0.2, 0) is 0 Å². The lowest BCUT2D eigenvalue weighted by Gasteiger charge is -1.97. The Bertz CT molecular complexity index is 163. The molecular formula is C5H7BrN2S. The van der Waals surface area contributed by atoms with E-state index in [1.54, 1.807) is 0 Å². The highest BCUT2D eigenvalue weighted by atomic mass is 79.9. The van der Waals surface area contributed by atoms with Crippen molar-refractivity contribution in [1.82, 2.24) is 9.59 Å². The lowest BCUT2D eigenvalue weighted by Crippen LogP contribution is -1.86. The molecule has 1 unspecified atom stereocenters. The maximum atomic E-state index is 3.91. The largest absolute Gasteiger partial charge is 0.142 e. The third-order valence-electron chi connectivity index (χ3n) is 1.06. The number of aromatic nitrogens is 2. The summed E-state index contributed by atoms with van der Waals surface area (Å²) in [6.45, 7) is 2.11. The molecule has 1 aromatic rings. The van der Waals surface area contributed by atoms with Crippen molar-refractivity contribution >= 4 is 27.5 Å². The van der Waals surface area contributed by atoms with Crippen molar-refractivity contribution in [2.45, 2.75) is 18.2 Å². The molecule has 2 nitrogen and oxygen atoms in total. The Labute approximate surface area is 66.6 Å². The molecule has 0 aliphatic rings. The molecule has 1 rings (SSSR count). The van der Waals surface area contributed by atoms with Crippen molar-refractivity contribution in [2.75, 3.05) is 0 Å². The molecular weight excluding hydrogens is 200 g/mol. The first kappa shape index (κ1) is 7.15. The fraction of sp³-hybridized carbons (Fsp3) is 0.600. The van der Waals surface area contributed by atoms with E-state index in [1.807, 2.05) is 5.38 Å². The van der Waals surface area contributed by atoms with Crippen molar-refractivity contribution in [3.8, 4) is 0 Å². The van der Waals surface area contributed by atoms with Gasteiger partial charge in [-0.25, -0.2) is 0 Å². The van der Waals surface area contributed by atoms with Gasteiger partial charge in [0.25, 0.3) is 0 Å². The van der Waals surface area contributed by atoms with Gasteiger partial charge in [-0.1, -0.05) is 27.3 Å². The minimum Gasteiger partial charge on any atom is -0.142 e. The van der Waals surface area contributed by atoms with Crippen LogP contribution in [0.3, 0.4) is 0 Å². The Morgan fingerprint density at radius 1 is 1.89 bits per heavy atom.